The zero-order valence-corrected chi connectivity index (χ0v) is 46.9. The Morgan fingerprint density at radius 1 is 0.275 bits per heavy atom. The van der Waals surface area contributed by atoms with Crippen LogP contribution in [0.15, 0.2) is 12.2 Å². The van der Waals surface area contributed by atoms with Crippen LogP contribution in [0.25, 0.3) is 0 Å². The van der Waals surface area contributed by atoms with Crippen LogP contribution in [0.4, 0.5) is 0 Å². The quantitative estimate of drug-likeness (QED) is 0.0261. The molecule has 0 amide bonds. The molecule has 0 aliphatic rings. The van der Waals surface area contributed by atoms with Crippen LogP contribution in [0.3, 0.4) is 0 Å². The summed E-state index contributed by atoms with van der Waals surface area (Å²) in [5, 5.41) is 0. The summed E-state index contributed by atoms with van der Waals surface area (Å²) in [6.07, 6.45) is 67.8. The summed E-state index contributed by atoms with van der Waals surface area (Å²) < 4.78 is 16.9. The molecule has 0 saturated heterocycles. The third kappa shape index (κ3) is 56.9. The summed E-state index contributed by atoms with van der Waals surface area (Å²) in [7, 11) is 0. The highest BCUT2D eigenvalue weighted by Crippen LogP contribution is 2.18. The fraction of sp³-hybridized carbons (Fsp3) is 0.921. The van der Waals surface area contributed by atoms with Gasteiger partial charge in [-0.3, -0.25) is 14.4 Å². The lowest BCUT2D eigenvalue weighted by Gasteiger charge is -2.18. The second kappa shape index (κ2) is 58.7. The molecule has 0 aromatic rings. The Bertz CT molecular complexity index is 1070. The maximum atomic E-state index is 12.9. The molecule has 6 heteroatoms. The maximum Gasteiger partial charge on any atom is 0.306 e. The SMILES string of the molecule is CCCCCC/C=C\CCCCCCCCCC(=O)OC[C@H](COC(=O)CCCCCCCCCCCCCCCCCCCCCCC)OC(=O)CCCCCCCCCCCCCCCCC. The molecule has 1 atom stereocenters. The van der Waals surface area contributed by atoms with Crippen molar-refractivity contribution in [3.63, 3.8) is 0 Å². The second-order valence-corrected chi connectivity index (χ2v) is 21.3. The molecule has 0 heterocycles. The summed E-state index contributed by atoms with van der Waals surface area (Å²) in [4.78, 5) is 38.2. The van der Waals surface area contributed by atoms with Gasteiger partial charge in [0.1, 0.15) is 13.2 Å². The molecule has 0 radical (unpaired) electrons. The molecule has 0 bridgehead atoms. The minimum atomic E-state index is -0.766. The summed E-state index contributed by atoms with van der Waals surface area (Å²) in [6.45, 7) is 6.70. The molecular weight excluding hydrogens is 853 g/mol. The Morgan fingerprint density at radius 2 is 0.478 bits per heavy atom. The van der Waals surface area contributed by atoms with Crippen LogP contribution in [0.5, 0.6) is 0 Å². The van der Waals surface area contributed by atoms with Crippen LogP contribution < -0.4 is 0 Å². The van der Waals surface area contributed by atoms with Crippen molar-refractivity contribution in [2.24, 2.45) is 0 Å². The van der Waals surface area contributed by atoms with Crippen molar-refractivity contribution in [2.75, 3.05) is 13.2 Å². The van der Waals surface area contributed by atoms with E-state index in [0.29, 0.717) is 19.3 Å². The van der Waals surface area contributed by atoms with Gasteiger partial charge in [0.25, 0.3) is 0 Å². The van der Waals surface area contributed by atoms with Crippen molar-refractivity contribution in [3.05, 3.63) is 12.2 Å². The molecule has 408 valence electrons. The van der Waals surface area contributed by atoms with Gasteiger partial charge in [0.05, 0.1) is 0 Å². The topological polar surface area (TPSA) is 78.9 Å². The third-order valence-corrected chi connectivity index (χ3v) is 14.3. The van der Waals surface area contributed by atoms with Gasteiger partial charge in [0, 0.05) is 19.3 Å². The number of carbonyl (C=O) groups excluding carboxylic acids is 3. The number of hydrogen-bond donors (Lipinski definition) is 0. The minimum Gasteiger partial charge on any atom is -0.462 e. The Balaban J connectivity index is 4.26. The lowest BCUT2D eigenvalue weighted by molar-refractivity contribution is -0.167. The molecule has 0 fully saturated rings. The molecule has 69 heavy (non-hydrogen) atoms. The summed E-state index contributed by atoms with van der Waals surface area (Å²) in [5.74, 6) is -0.840. The van der Waals surface area contributed by atoms with Crippen LogP contribution in [-0.2, 0) is 28.6 Å². The molecule has 0 spiro atoms. The summed E-state index contributed by atoms with van der Waals surface area (Å²) in [5.41, 5.74) is 0. The smallest absolute Gasteiger partial charge is 0.306 e. The molecule has 0 aliphatic heterocycles. The van der Waals surface area contributed by atoms with Crippen LogP contribution in [0.2, 0.25) is 0 Å². The normalized spacial score (nSPS) is 12.0. The maximum absolute atomic E-state index is 12.9. The van der Waals surface area contributed by atoms with Crippen molar-refractivity contribution in [3.8, 4) is 0 Å². The fourth-order valence-electron chi connectivity index (χ4n) is 9.56. The van der Waals surface area contributed by atoms with Gasteiger partial charge in [-0.15, -0.1) is 0 Å². The first kappa shape index (κ1) is 67.1. The van der Waals surface area contributed by atoms with Crippen LogP contribution >= 0.6 is 0 Å². The molecular formula is C63H120O6. The number of allylic oxidation sites excluding steroid dienone is 2. The Kier molecular flexibility index (Phi) is 57.1. The molecule has 0 unspecified atom stereocenters. The van der Waals surface area contributed by atoms with Crippen LogP contribution in [0, 0.1) is 0 Å². The Morgan fingerprint density at radius 3 is 0.739 bits per heavy atom. The largest absolute Gasteiger partial charge is 0.462 e. The Labute approximate surface area is 431 Å². The predicted molar refractivity (Wildman–Crippen MR) is 298 cm³/mol. The van der Waals surface area contributed by atoms with Gasteiger partial charge in [-0.05, 0) is 44.9 Å². The first-order chi connectivity index (χ1) is 34.0. The molecule has 0 saturated carbocycles. The lowest BCUT2D eigenvalue weighted by Crippen LogP contribution is -2.30. The lowest BCUT2D eigenvalue weighted by atomic mass is 10.0. The second-order valence-electron chi connectivity index (χ2n) is 21.3. The van der Waals surface area contributed by atoms with Crippen molar-refractivity contribution in [2.45, 2.75) is 361 Å². The molecule has 0 aromatic carbocycles. The van der Waals surface area contributed by atoms with E-state index >= 15 is 0 Å². The molecule has 0 N–H and O–H groups in total. The van der Waals surface area contributed by atoms with E-state index in [4.69, 9.17) is 14.2 Å². The highest BCUT2D eigenvalue weighted by Gasteiger charge is 2.19. The predicted octanol–water partition coefficient (Wildman–Crippen LogP) is 20.9. The molecule has 6 nitrogen and oxygen atoms in total. The first-order valence-corrected chi connectivity index (χ1v) is 31.2. The Hall–Kier alpha value is -1.85. The van der Waals surface area contributed by atoms with Crippen molar-refractivity contribution in [1.29, 1.82) is 0 Å². The van der Waals surface area contributed by atoms with Gasteiger partial charge < -0.3 is 14.2 Å². The van der Waals surface area contributed by atoms with E-state index in [0.717, 1.165) is 57.8 Å². The van der Waals surface area contributed by atoms with Gasteiger partial charge in [0.2, 0.25) is 0 Å². The number of rotatable bonds is 58. The van der Waals surface area contributed by atoms with Gasteiger partial charge >= 0.3 is 17.9 Å². The van der Waals surface area contributed by atoms with Crippen LogP contribution in [-0.4, -0.2) is 37.2 Å². The van der Waals surface area contributed by atoms with E-state index in [-0.39, 0.29) is 31.1 Å². The van der Waals surface area contributed by atoms with Crippen molar-refractivity contribution < 1.29 is 28.6 Å². The number of carbonyl (C=O) groups is 3. The van der Waals surface area contributed by atoms with E-state index in [1.54, 1.807) is 0 Å². The summed E-state index contributed by atoms with van der Waals surface area (Å²) in [6, 6.07) is 0. The van der Waals surface area contributed by atoms with E-state index in [9.17, 15) is 14.4 Å². The van der Waals surface area contributed by atoms with Crippen LogP contribution in [0.1, 0.15) is 355 Å². The monoisotopic (exact) mass is 973 g/mol. The van der Waals surface area contributed by atoms with E-state index < -0.39 is 6.10 Å². The number of esters is 3. The fourth-order valence-corrected chi connectivity index (χ4v) is 9.56. The standard InChI is InChI=1S/C63H120O6/c1-4-7-10-13-16-19-22-25-28-29-30-31-32-33-36-38-41-44-47-50-53-56-62(65)68-59-60(69-63(66)57-54-51-48-45-42-39-35-27-24-21-18-15-12-9-6-3)58-67-61(64)55-52-49-46-43-40-37-34-26-23-20-17-14-11-8-5-2/h20,23,60H,4-19,21-22,24-59H2,1-3H3/b23-20-/t60-/m1/s1. The zero-order valence-electron chi connectivity index (χ0n) is 46.9. The molecule has 0 aliphatic carbocycles. The zero-order chi connectivity index (χ0) is 50.0. The number of hydrogen-bond acceptors (Lipinski definition) is 6. The van der Waals surface area contributed by atoms with Gasteiger partial charge in [-0.25, -0.2) is 0 Å². The van der Waals surface area contributed by atoms with Crippen molar-refractivity contribution in [1.82, 2.24) is 0 Å². The highest BCUT2D eigenvalue weighted by atomic mass is 16.6. The molecule has 0 rings (SSSR count). The number of ether oxygens (including phenoxy) is 3. The van der Waals surface area contributed by atoms with E-state index in [2.05, 4.69) is 32.9 Å². The third-order valence-electron chi connectivity index (χ3n) is 14.3. The minimum absolute atomic E-state index is 0.0648. The van der Waals surface area contributed by atoms with Gasteiger partial charge in [-0.1, -0.05) is 303 Å². The average molecular weight is 974 g/mol. The molecule has 0 aromatic heterocycles. The van der Waals surface area contributed by atoms with Gasteiger partial charge in [0.15, 0.2) is 6.10 Å². The number of unbranched alkanes of at least 4 members (excludes halogenated alkanes) is 45. The first-order valence-electron chi connectivity index (χ1n) is 31.2. The van der Waals surface area contributed by atoms with E-state index in [1.165, 1.54) is 257 Å². The highest BCUT2D eigenvalue weighted by molar-refractivity contribution is 5.71. The summed E-state index contributed by atoms with van der Waals surface area (Å²) >= 11 is 0. The average Bonchev–Trinajstić information content (AvgIpc) is 3.35. The van der Waals surface area contributed by atoms with Crippen molar-refractivity contribution >= 4 is 17.9 Å². The van der Waals surface area contributed by atoms with E-state index in [1.807, 2.05) is 0 Å². The van der Waals surface area contributed by atoms with Gasteiger partial charge in [-0.2, -0.15) is 0 Å².